The van der Waals surface area contributed by atoms with E-state index in [1.807, 2.05) is 30.3 Å². The molecule has 0 aromatic heterocycles. The molecule has 0 spiro atoms. The topological polar surface area (TPSA) is 50.8 Å². The quantitative estimate of drug-likeness (QED) is 0.735. The molecule has 2 aromatic carbocycles. The average molecular weight is 370 g/mol. The molecule has 2 aromatic rings. The van der Waals surface area contributed by atoms with Crippen molar-refractivity contribution in [1.29, 1.82) is 0 Å². The van der Waals surface area contributed by atoms with E-state index < -0.39 is 0 Å². The maximum Gasteiger partial charge on any atom is 0.224 e. The Balaban J connectivity index is 2.02. The van der Waals surface area contributed by atoms with Gasteiger partial charge in [0.25, 0.3) is 0 Å². The number of amides is 1. The highest BCUT2D eigenvalue weighted by atomic mass is 16.5. The van der Waals surface area contributed by atoms with E-state index in [2.05, 4.69) is 43.2 Å². The normalized spacial score (nSPS) is 10.9. The molecule has 1 N–H and O–H groups in total. The number of nitrogens with one attached hydrogen (secondary N) is 1. The van der Waals surface area contributed by atoms with E-state index >= 15 is 0 Å². The molecule has 5 nitrogen and oxygen atoms in total. The number of ether oxygens (including phenoxy) is 2. The number of hydrogen-bond donors (Lipinski definition) is 1. The monoisotopic (exact) mass is 370 g/mol. The zero-order valence-electron chi connectivity index (χ0n) is 16.9. The second-order valence-corrected chi connectivity index (χ2v) is 6.91. The summed E-state index contributed by atoms with van der Waals surface area (Å²) in [6.45, 7) is 5.71. The summed E-state index contributed by atoms with van der Waals surface area (Å²) < 4.78 is 10.6. The lowest BCUT2D eigenvalue weighted by Crippen LogP contribution is -2.28. The summed E-state index contributed by atoms with van der Waals surface area (Å²) in [4.78, 5) is 14.8. The third-order valence-corrected chi connectivity index (χ3v) is 4.73. The molecule has 0 saturated carbocycles. The summed E-state index contributed by atoms with van der Waals surface area (Å²) in [6, 6.07) is 14.2. The van der Waals surface area contributed by atoms with Crippen LogP contribution >= 0.6 is 0 Å². The molecule has 0 saturated heterocycles. The zero-order chi connectivity index (χ0) is 19.8. The minimum Gasteiger partial charge on any atom is -0.497 e. The molecule has 0 fully saturated rings. The SMILES string of the molecule is COc1ccc(OC)c(CC(=O)NCc2ccccc2CN(C)C(C)C)c1. The number of carbonyl (C=O) groups is 1. The number of methoxy groups -OCH3 is 2. The van der Waals surface area contributed by atoms with E-state index in [9.17, 15) is 4.79 Å². The fraction of sp³-hybridized carbons (Fsp3) is 0.409. The van der Waals surface area contributed by atoms with Gasteiger partial charge in [0.2, 0.25) is 5.91 Å². The molecule has 0 aliphatic heterocycles. The van der Waals surface area contributed by atoms with Crippen LogP contribution in [0.5, 0.6) is 11.5 Å². The van der Waals surface area contributed by atoms with Gasteiger partial charge in [0.15, 0.2) is 0 Å². The maximum absolute atomic E-state index is 12.5. The van der Waals surface area contributed by atoms with Gasteiger partial charge in [-0.1, -0.05) is 24.3 Å². The molecule has 0 unspecified atom stereocenters. The summed E-state index contributed by atoms with van der Waals surface area (Å²) in [7, 11) is 5.32. The van der Waals surface area contributed by atoms with Gasteiger partial charge in [-0.25, -0.2) is 0 Å². The van der Waals surface area contributed by atoms with Crippen molar-refractivity contribution in [2.75, 3.05) is 21.3 Å². The second-order valence-electron chi connectivity index (χ2n) is 6.91. The van der Waals surface area contributed by atoms with E-state index in [4.69, 9.17) is 9.47 Å². The Labute approximate surface area is 162 Å². The first kappa shape index (κ1) is 20.8. The first-order valence-corrected chi connectivity index (χ1v) is 9.19. The summed E-state index contributed by atoms with van der Waals surface area (Å²) in [5.41, 5.74) is 3.17. The van der Waals surface area contributed by atoms with Crippen molar-refractivity contribution < 1.29 is 14.3 Å². The summed E-state index contributed by atoms with van der Waals surface area (Å²) in [5, 5.41) is 3.03. The van der Waals surface area contributed by atoms with Crippen molar-refractivity contribution in [2.45, 2.75) is 39.4 Å². The lowest BCUT2D eigenvalue weighted by molar-refractivity contribution is -0.120. The van der Waals surface area contributed by atoms with Gasteiger partial charge in [-0.3, -0.25) is 9.69 Å². The first-order valence-electron chi connectivity index (χ1n) is 9.19. The minimum atomic E-state index is -0.0476. The molecule has 0 heterocycles. The van der Waals surface area contributed by atoms with E-state index in [0.29, 0.717) is 24.1 Å². The number of nitrogens with zero attached hydrogens (tertiary/aromatic N) is 1. The van der Waals surface area contributed by atoms with Crippen LogP contribution in [-0.2, 0) is 24.3 Å². The molecule has 0 aliphatic rings. The van der Waals surface area contributed by atoms with Gasteiger partial charge < -0.3 is 14.8 Å². The third kappa shape index (κ3) is 6.00. The number of hydrogen-bond acceptors (Lipinski definition) is 4. The van der Waals surface area contributed by atoms with Crippen LogP contribution in [0.3, 0.4) is 0 Å². The summed E-state index contributed by atoms with van der Waals surface area (Å²) in [5.74, 6) is 1.35. The van der Waals surface area contributed by atoms with Crippen molar-refractivity contribution >= 4 is 5.91 Å². The lowest BCUT2D eigenvalue weighted by Gasteiger charge is -2.22. The van der Waals surface area contributed by atoms with Crippen LogP contribution in [-0.4, -0.2) is 38.1 Å². The fourth-order valence-electron chi connectivity index (χ4n) is 2.78. The average Bonchev–Trinajstić information content (AvgIpc) is 2.67. The molecule has 27 heavy (non-hydrogen) atoms. The van der Waals surface area contributed by atoms with Gasteiger partial charge in [-0.2, -0.15) is 0 Å². The largest absolute Gasteiger partial charge is 0.497 e. The molecule has 0 atom stereocenters. The highest BCUT2D eigenvalue weighted by Crippen LogP contribution is 2.24. The molecule has 0 radical (unpaired) electrons. The van der Waals surface area contributed by atoms with E-state index in [-0.39, 0.29) is 12.3 Å². The van der Waals surface area contributed by atoms with Gasteiger partial charge >= 0.3 is 0 Å². The van der Waals surface area contributed by atoms with Gasteiger partial charge in [0, 0.05) is 24.7 Å². The van der Waals surface area contributed by atoms with Crippen LogP contribution in [0.1, 0.15) is 30.5 Å². The van der Waals surface area contributed by atoms with Gasteiger partial charge in [-0.05, 0) is 50.2 Å². The van der Waals surface area contributed by atoms with Crippen molar-refractivity contribution in [3.8, 4) is 11.5 Å². The molecule has 146 valence electrons. The number of carbonyl (C=O) groups excluding carboxylic acids is 1. The Kier molecular flexibility index (Phi) is 7.67. The molecule has 2 rings (SSSR count). The molecule has 0 aliphatic carbocycles. The molecule has 5 heteroatoms. The summed E-state index contributed by atoms with van der Waals surface area (Å²) >= 11 is 0. The van der Waals surface area contributed by atoms with Crippen LogP contribution < -0.4 is 14.8 Å². The number of benzene rings is 2. The first-order chi connectivity index (χ1) is 12.9. The minimum absolute atomic E-state index is 0.0476. The van der Waals surface area contributed by atoms with Crippen LogP contribution in [0.4, 0.5) is 0 Å². The second kappa shape index (κ2) is 9.97. The molecule has 1 amide bonds. The fourth-order valence-corrected chi connectivity index (χ4v) is 2.78. The van der Waals surface area contributed by atoms with Crippen LogP contribution in [0, 0.1) is 0 Å². The Bertz CT molecular complexity index is 759. The van der Waals surface area contributed by atoms with Crippen molar-refractivity contribution in [2.24, 2.45) is 0 Å². The smallest absolute Gasteiger partial charge is 0.224 e. The Hall–Kier alpha value is -2.53. The zero-order valence-corrected chi connectivity index (χ0v) is 16.9. The molecule has 0 bridgehead atoms. The molecular formula is C22H30N2O3. The predicted octanol–water partition coefficient (Wildman–Crippen LogP) is 3.40. The Morgan fingerprint density at radius 1 is 1.04 bits per heavy atom. The lowest BCUT2D eigenvalue weighted by atomic mass is 10.1. The van der Waals surface area contributed by atoms with Crippen molar-refractivity contribution in [1.82, 2.24) is 10.2 Å². The van der Waals surface area contributed by atoms with E-state index in [1.165, 1.54) is 5.56 Å². The van der Waals surface area contributed by atoms with E-state index in [0.717, 1.165) is 17.7 Å². The van der Waals surface area contributed by atoms with Crippen molar-refractivity contribution in [3.63, 3.8) is 0 Å². The third-order valence-electron chi connectivity index (χ3n) is 4.73. The van der Waals surface area contributed by atoms with Crippen LogP contribution in [0.25, 0.3) is 0 Å². The maximum atomic E-state index is 12.5. The highest BCUT2D eigenvalue weighted by molar-refractivity contribution is 5.79. The predicted molar refractivity (Wildman–Crippen MR) is 108 cm³/mol. The van der Waals surface area contributed by atoms with Crippen LogP contribution in [0.2, 0.25) is 0 Å². The standard InChI is InChI=1S/C22H30N2O3/c1-16(2)24(3)15-18-9-7-6-8-17(18)14-23-22(25)13-19-12-20(26-4)10-11-21(19)27-5/h6-12,16H,13-15H2,1-5H3,(H,23,25). The van der Waals surface area contributed by atoms with Crippen molar-refractivity contribution in [3.05, 3.63) is 59.2 Å². The van der Waals surface area contributed by atoms with Crippen LogP contribution in [0.15, 0.2) is 42.5 Å². The van der Waals surface area contributed by atoms with Gasteiger partial charge in [0.1, 0.15) is 11.5 Å². The Morgan fingerprint density at radius 2 is 1.74 bits per heavy atom. The Morgan fingerprint density at radius 3 is 2.37 bits per heavy atom. The summed E-state index contributed by atoms with van der Waals surface area (Å²) in [6.07, 6.45) is 0.244. The number of rotatable bonds is 9. The van der Waals surface area contributed by atoms with E-state index in [1.54, 1.807) is 14.2 Å². The highest BCUT2D eigenvalue weighted by Gasteiger charge is 2.12. The van der Waals surface area contributed by atoms with Gasteiger partial charge in [0.05, 0.1) is 20.6 Å². The van der Waals surface area contributed by atoms with Gasteiger partial charge in [-0.15, -0.1) is 0 Å². The molecular weight excluding hydrogens is 340 g/mol.